The van der Waals surface area contributed by atoms with Crippen LogP contribution in [-0.4, -0.2) is 28.1 Å². The first-order chi connectivity index (χ1) is 24.6. The fraction of sp³-hybridized carbons (Fsp3) is 0.190. The minimum Gasteiger partial charge on any atom is -0.478 e. The average Bonchev–Trinajstić information content (AvgIpc) is 3.11. The predicted octanol–water partition coefficient (Wildman–Crippen LogP) is 10.5. The van der Waals surface area contributed by atoms with Crippen LogP contribution in [-0.2, 0) is 12.3 Å². The summed E-state index contributed by atoms with van der Waals surface area (Å²) in [6.07, 6.45) is -1.00. The lowest BCUT2D eigenvalue weighted by Crippen LogP contribution is -2.41. The maximum absolute atomic E-state index is 14.8. The van der Waals surface area contributed by atoms with E-state index in [0.717, 1.165) is 0 Å². The first-order valence-electron chi connectivity index (χ1n) is 16.4. The third-order valence-corrected chi connectivity index (χ3v) is 9.05. The largest absolute Gasteiger partial charge is 0.478 e. The van der Waals surface area contributed by atoms with Crippen LogP contribution in [0.4, 0.5) is 17.6 Å². The first-order valence-corrected chi connectivity index (χ1v) is 16.8. The van der Waals surface area contributed by atoms with Crippen LogP contribution in [0.3, 0.4) is 0 Å². The molecule has 6 aromatic rings. The summed E-state index contributed by atoms with van der Waals surface area (Å²) in [6.45, 7) is 4.44. The lowest BCUT2D eigenvalue weighted by atomic mass is 9.83. The molecule has 52 heavy (non-hydrogen) atoms. The number of nitrogens with one attached hydrogen (secondary N) is 1. The molecule has 0 heterocycles. The van der Waals surface area contributed by atoms with Crippen LogP contribution in [0.1, 0.15) is 64.3 Å². The van der Waals surface area contributed by atoms with E-state index in [-0.39, 0.29) is 23.1 Å². The second kappa shape index (κ2) is 15.6. The molecule has 0 radical (unpaired) electrons. The van der Waals surface area contributed by atoms with E-state index in [1.807, 2.05) is 0 Å². The Hall–Kier alpha value is -5.25. The number of aliphatic hydroxyl groups is 1. The Kier molecular flexibility index (Phi) is 11.4. The molecule has 0 bridgehead atoms. The summed E-state index contributed by atoms with van der Waals surface area (Å²) in [5, 5.41) is 24.9. The number of aromatic carboxylic acids is 1. The molecule has 0 aromatic heterocycles. The Morgan fingerprint density at radius 1 is 0.712 bits per heavy atom. The zero-order valence-electron chi connectivity index (χ0n) is 28.5. The van der Waals surface area contributed by atoms with Gasteiger partial charge in [-0.1, -0.05) is 117 Å². The summed E-state index contributed by atoms with van der Waals surface area (Å²) in [4.78, 5) is 24.2. The van der Waals surface area contributed by atoms with Gasteiger partial charge >= 0.3 is 5.97 Å². The average molecular weight is 730 g/mol. The van der Waals surface area contributed by atoms with Crippen LogP contribution >= 0.6 is 11.6 Å². The number of hydrogen-bond donors (Lipinski definition) is 3. The molecule has 0 saturated heterocycles. The standard InChI is InChI=1S/C31H29ClF3NO2.C11H7FO2/c1-30(2,3)31(34,35)21-13-11-19(12-14-21)17-27(28(37)20-7-6-8-22(32)18-20)36-29(38)25-15-16-26(33)24-10-5-4-9-23(24)25;12-10-6-5-9(11(13)14)7-3-1-2-4-8(7)10/h4-16,18,27-28,37H,17H2,1-3H3,(H,36,38);1-6H,(H,13,14). The molecule has 0 aliphatic heterocycles. The lowest BCUT2D eigenvalue weighted by Gasteiger charge is -2.31. The topological polar surface area (TPSA) is 86.6 Å². The van der Waals surface area contributed by atoms with Crippen molar-refractivity contribution in [1.82, 2.24) is 5.32 Å². The Labute approximate surface area is 303 Å². The molecule has 6 rings (SSSR count). The zero-order chi connectivity index (χ0) is 37.8. The summed E-state index contributed by atoms with van der Waals surface area (Å²) in [7, 11) is 0. The maximum atomic E-state index is 14.8. The zero-order valence-corrected chi connectivity index (χ0v) is 29.3. The summed E-state index contributed by atoms with van der Waals surface area (Å²) in [5.41, 5.74) is 0.151. The van der Waals surface area contributed by atoms with Gasteiger partial charge in [0.2, 0.25) is 0 Å². The highest BCUT2D eigenvalue weighted by atomic mass is 35.5. The highest BCUT2D eigenvalue weighted by Gasteiger charge is 2.44. The third-order valence-electron chi connectivity index (χ3n) is 8.82. The van der Waals surface area contributed by atoms with Crippen LogP contribution in [0, 0.1) is 17.0 Å². The van der Waals surface area contributed by atoms with Crippen molar-refractivity contribution in [3.05, 3.63) is 166 Å². The molecule has 2 atom stereocenters. The number of alkyl halides is 2. The minimum absolute atomic E-state index is 0.109. The Balaban J connectivity index is 0.000000310. The van der Waals surface area contributed by atoms with E-state index in [9.17, 15) is 32.3 Å². The predicted molar refractivity (Wildman–Crippen MR) is 196 cm³/mol. The van der Waals surface area contributed by atoms with Crippen molar-refractivity contribution in [2.45, 2.75) is 45.3 Å². The van der Waals surface area contributed by atoms with Gasteiger partial charge in [-0.05, 0) is 64.7 Å². The summed E-state index contributed by atoms with van der Waals surface area (Å²) < 4.78 is 57.2. The Morgan fingerprint density at radius 2 is 1.23 bits per heavy atom. The number of carboxylic acids is 1. The number of halogens is 5. The fourth-order valence-corrected chi connectivity index (χ4v) is 6.06. The molecule has 10 heteroatoms. The molecule has 2 unspecified atom stereocenters. The van der Waals surface area contributed by atoms with Crippen molar-refractivity contribution < 1.29 is 37.4 Å². The van der Waals surface area contributed by atoms with E-state index < -0.39 is 47.0 Å². The highest BCUT2D eigenvalue weighted by Crippen LogP contribution is 2.44. The number of carboxylic acid groups (broad SMARTS) is 1. The van der Waals surface area contributed by atoms with Gasteiger partial charge in [-0.2, -0.15) is 0 Å². The molecule has 0 fully saturated rings. The molecule has 1 amide bonds. The summed E-state index contributed by atoms with van der Waals surface area (Å²) in [5.74, 6) is -5.42. The highest BCUT2D eigenvalue weighted by molar-refractivity contribution is 6.30. The number of carbonyl (C=O) groups is 2. The second-order valence-corrected chi connectivity index (χ2v) is 13.8. The van der Waals surface area contributed by atoms with Crippen molar-refractivity contribution in [2.24, 2.45) is 5.41 Å². The molecule has 0 spiro atoms. The third kappa shape index (κ3) is 8.27. The molecule has 0 aliphatic rings. The molecule has 3 N–H and O–H groups in total. The summed E-state index contributed by atoms with van der Waals surface area (Å²) >= 11 is 6.13. The smallest absolute Gasteiger partial charge is 0.336 e. The molecule has 5 nitrogen and oxygen atoms in total. The van der Waals surface area contributed by atoms with E-state index in [1.165, 1.54) is 57.2 Å². The van der Waals surface area contributed by atoms with Gasteiger partial charge in [0.1, 0.15) is 11.6 Å². The normalized spacial score (nSPS) is 12.9. The molecular weight excluding hydrogens is 694 g/mol. The lowest BCUT2D eigenvalue weighted by molar-refractivity contribution is -0.104. The molecular formula is C42H36ClF4NO4. The first kappa shape index (κ1) is 38.0. The quantitative estimate of drug-likeness (QED) is 0.136. The van der Waals surface area contributed by atoms with Crippen molar-refractivity contribution in [3.63, 3.8) is 0 Å². The van der Waals surface area contributed by atoms with Crippen molar-refractivity contribution in [2.75, 3.05) is 0 Å². The Morgan fingerprint density at radius 3 is 1.75 bits per heavy atom. The van der Waals surface area contributed by atoms with Crippen molar-refractivity contribution >= 4 is 45.0 Å². The van der Waals surface area contributed by atoms with Gasteiger partial charge in [-0.15, -0.1) is 0 Å². The van der Waals surface area contributed by atoms with Gasteiger partial charge in [0.15, 0.2) is 0 Å². The van der Waals surface area contributed by atoms with E-state index in [0.29, 0.717) is 37.7 Å². The van der Waals surface area contributed by atoms with E-state index in [4.69, 9.17) is 16.7 Å². The van der Waals surface area contributed by atoms with Crippen LogP contribution in [0.5, 0.6) is 0 Å². The van der Waals surface area contributed by atoms with Gasteiger partial charge < -0.3 is 15.5 Å². The van der Waals surface area contributed by atoms with Crippen LogP contribution < -0.4 is 5.32 Å². The SMILES string of the molecule is CC(C)(C)C(F)(F)c1ccc(CC(NC(=O)c2ccc(F)c3ccccc23)C(O)c2cccc(Cl)c2)cc1.O=C(O)c1ccc(F)c2ccccc12. The second-order valence-electron chi connectivity index (χ2n) is 13.4. The number of aliphatic hydroxyl groups excluding tert-OH is 1. The minimum atomic E-state index is -3.04. The maximum Gasteiger partial charge on any atom is 0.336 e. The van der Waals surface area contributed by atoms with Gasteiger partial charge in [0, 0.05) is 32.3 Å². The van der Waals surface area contributed by atoms with Crippen molar-refractivity contribution in [3.8, 4) is 0 Å². The number of fused-ring (bicyclic) bond motifs is 2. The Bertz CT molecular complexity index is 2240. The number of hydrogen-bond acceptors (Lipinski definition) is 3. The van der Waals surface area contributed by atoms with E-state index in [1.54, 1.807) is 84.9 Å². The number of benzene rings is 6. The molecule has 0 aliphatic carbocycles. The number of rotatable bonds is 8. The van der Waals surface area contributed by atoms with Gasteiger partial charge in [0.25, 0.3) is 11.8 Å². The van der Waals surface area contributed by atoms with Gasteiger partial charge in [0.05, 0.1) is 17.7 Å². The van der Waals surface area contributed by atoms with Crippen molar-refractivity contribution in [1.29, 1.82) is 0 Å². The van der Waals surface area contributed by atoms with E-state index >= 15 is 0 Å². The van der Waals surface area contributed by atoms with Crippen LogP contribution in [0.2, 0.25) is 5.02 Å². The molecule has 0 saturated carbocycles. The molecule has 6 aromatic carbocycles. The monoisotopic (exact) mass is 729 g/mol. The van der Waals surface area contributed by atoms with Gasteiger partial charge in [-0.25, -0.2) is 22.4 Å². The van der Waals surface area contributed by atoms with Crippen LogP contribution in [0.15, 0.2) is 121 Å². The van der Waals surface area contributed by atoms with Crippen LogP contribution in [0.25, 0.3) is 21.5 Å². The van der Waals surface area contributed by atoms with E-state index in [2.05, 4.69) is 5.32 Å². The van der Waals surface area contributed by atoms with Gasteiger partial charge in [-0.3, -0.25) is 4.79 Å². The number of amides is 1. The fourth-order valence-electron chi connectivity index (χ4n) is 5.86. The molecule has 268 valence electrons. The number of carbonyl (C=O) groups excluding carboxylic acids is 1. The summed E-state index contributed by atoms with van der Waals surface area (Å²) in [6, 6.07) is 30.0.